The minimum Gasteiger partial charge on any atom is -0.282 e. The minimum absolute atomic E-state index is 0.149. The summed E-state index contributed by atoms with van der Waals surface area (Å²) in [5, 5.41) is 10.9. The van der Waals surface area contributed by atoms with Crippen molar-refractivity contribution in [2.45, 2.75) is 19.6 Å². The van der Waals surface area contributed by atoms with E-state index >= 15 is 0 Å². The molecule has 0 radical (unpaired) electrons. The molecular formula is C10H9BrF3N5O. The summed E-state index contributed by atoms with van der Waals surface area (Å²) in [6, 6.07) is 0. The van der Waals surface area contributed by atoms with Crippen LogP contribution in [0.5, 0.6) is 0 Å². The molecule has 0 saturated carbocycles. The minimum atomic E-state index is -4.95. The number of carbonyl (C=O) groups is 1. The van der Waals surface area contributed by atoms with E-state index in [9.17, 15) is 18.0 Å². The van der Waals surface area contributed by atoms with E-state index in [1.807, 2.05) is 0 Å². The Balaban J connectivity index is 2.24. The Morgan fingerprint density at radius 1 is 1.45 bits per heavy atom. The summed E-state index contributed by atoms with van der Waals surface area (Å²) < 4.78 is 40.2. The Bertz CT molecular complexity index is 660. The van der Waals surface area contributed by atoms with Crippen molar-refractivity contribution < 1.29 is 18.0 Å². The van der Waals surface area contributed by atoms with Gasteiger partial charge in [0.1, 0.15) is 0 Å². The highest BCUT2D eigenvalue weighted by Gasteiger charge is 2.41. The molecule has 2 aromatic heterocycles. The zero-order chi connectivity index (χ0) is 15.1. The van der Waals surface area contributed by atoms with Gasteiger partial charge < -0.3 is 0 Å². The third kappa shape index (κ3) is 2.74. The first kappa shape index (κ1) is 14.7. The van der Waals surface area contributed by atoms with Gasteiger partial charge in [0, 0.05) is 7.05 Å². The number of aromatic nitrogens is 5. The lowest BCUT2D eigenvalue weighted by Gasteiger charge is -2.02. The van der Waals surface area contributed by atoms with E-state index in [1.54, 1.807) is 18.7 Å². The molecule has 2 heterocycles. The van der Waals surface area contributed by atoms with Gasteiger partial charge in [-0.3, -0.25) is 9.48 Å². The fraction of sp³-hybridized carbons (Fsp3) is 0.400. The number of aryl methyl sites for hydroxylation is 2. The normalized spacial score (nSPS) is 11.9. The van der Waals surface area contributed by atoms with Gasteiger partial charge in [-0.05, 0) is 22.9 Å². The van der Waals surface area contributed by atoms with Gasteiger partial charge >= 0.3 is 6.18 Å². The predicted octanol–water partition coefficient (Wildman–Crippen LogP) is 1.88. The van der Waals surface area contributed by atoms with E-state index in [2.05, 4.69) is 31.3 Å². The number of ketones is 1. The predicted molar refractivity (Wildman–Crippen MR) is 65.2 cm³/mol. The number of hydrogen-bond donors (Lipinski definition) is 0. The molecule has 6 nitrogen and oxygen atoms in total. The lowest BCUT2D eigenvalue weighted by Crippen LogP contribution is -2.23. The Hall–Kier alpha value is -1.71. The van der Waals surface area contributed by atoms with Crippen LogP contribution in [0.1, 0.15) is 21.9 Å². The molecule has 0 saturated heterocycles. The molecule has 10 heteroatoms. The Morgan fingerprint density at radius 2 is 2.10 bits per heavy atom. The van der Waals surface area contributed by atoms with Gasteiger partial charge in [0.25, 0.3) is 5.78 Å². The lowest BCUT2D eigenvalue weighted by molar-refractivity contribution is -0.0888. The zero-order valence-corrected chi connectivity index (χ0v) is 12.0. The van der Waals surface area contributed by atoms with Crippen molar-refractivity contribution in [3.63, 3.8) is 0 Å². The van der Waals surface area contributed by atoms with E-state index < -0.39 is 17.7 Å². The molecule has 0 spiro atoms. The van der Waals surface area contributed by atoms with Crippen LogP contribution in [0.3, 0.4) is 0 Å². The zero-order valence-electron chi connectivity index (χ0n) is 10.4. The molecule has 20 heavy (non-hydrogen) atoms. The van der Waals surface area contributed by atoms with Gasteiger partial charge in [0.2, 0.25) is 0 Å². The van der Waals surface area contributed by atoms with Crippen LogP contribution in [-0.2, 0) is 13.6 Å². The van der Waals surface area contributed by atoms with Gasteiger partial charge in [-0.1, -0.05) is 5.21 Å². The van der Waals surface area contributed by atoms with Gasteiger partial charge in [-0.15, -0.1) is 5.10 Å². The maximum absolute atomic E-state index is 12.3. The van der Waals surface area contributed by atoms with Crippen LogP contribution in [0.15, 0.2) is 10.7 Å². The first-order valence-corrected chi connectivity index (χ1v) is 6.19. The average molecular weight is 352 g/mol. The standard InChI is InChI=1S/C10H9BrF3N5O/c1-5-8(11)7(18(2)16-5)4-19-3-6(15-17-19)9(20)10(12,13)14/h3H,4H2,1-2H3. The van der Waals surface area contributed by atoms with Crippen LogP contribution in [0.25, 0.3) is 0 Å². The van der Waals surface area contributed by atoms with Crippen molar-refractivity contribution in [2.75, 3.05) is 0 Å². The highest BCUT2D eigenvalue weighted by atomic mass is 79.9. The molecule has 0 fully saturated rings. The van der Waals surface area contributed by atoms with E-state index in [1.165, 1.54) is 0 Å². The fourth-order valence-electron chi connectivity index (χ4n) is 1.63. The molecule has 108 valence electrons. The van der Waals surface area contributed by atoms with Crippen molar-refractivity contribution >= 4 is 21.7 Å². The summed E-state index contributed by atoms with van der Waals surface area (Å²) in [6.45, 7) is 1.93. The van der Waals surface area contributed by atoms with Crippen molar-refractivity contribution in [1.82, 2.24) is 24.8 Å². The molecule has 0 atom stereocenters. The summed E-state index contributed by atoms with van der Waals surface area (Å²) in [5.74, 6) is -2.01. The molecule has 0 aliphatic heterocycles. The summed E-state index contributed by atoms with van der Waals surface area (Å²) in [4.78, 5) is 11.0. The second-order valence-electron chi connectivity index (χ2n) is 4.10. The molecule has 0 bridgehead atoms. The van der Waals surface area contributed by atoms with E-state index in [0.717, 1.165) is 21.0 Å². The summed E-state index contributed by atoms with van der Waals surface area (Å²) in [6.07, 6.45) is -3.99. The van der Waals surface area contributed by atoms with Gasteiger partial charge in [0.05, 0.1) is 28.6 Å². The number of halogens is 4. The van der Waals surface area contributed by atoms with Crippen LogP contribution in [-0.4, -0.2) is 36.7 Å². The van der Waals surface area contributed by atoms with Crippen LogP contribution in [0.4, 0.5) is 13.2 Å². The highest BCUT2D eigenvalue weighted by Crippen LogP contribution is 2.22. The van der Waals surface area contributed by atoms with Crippen LogP contribution >= 0.6 is 15.9 Å². The number of Topliss-reactive ketones (excluding diaryl/α,β-unsaturated/α-hetero) is 1. The number of rotatable bonds is 3. The fourth-order valence-corrected chi connectivity index (χ4v) is 2.09. The number of carbonyl (C=O) groups excluding carboxylic acids is 1. The van der Waals surface area contributed by atoms with Crippen LogP contribution in [0, 0.1) is 6.92 Å². The maximum atomic E-state index is 12.3. The van der Waals surface area contributed by atoms with Gasteiger partial charge in [0.15, 0.2) is 5.69 Å². The molecule has 0 unspecified atom stereocenters. The lowest BCUT2D eigenvalue weighted by atomic mass is 10.3. The van der Waals surface area contributed by atoms with E-state index in [0.29, 0.717) is 5.69 Å². The van der Waals surface area contributed by atoms with Crippen LogP contribution < -0.4 is 0 Å². The first-order chi connectivity index (χ1) is 9.20. The summed E-state index contributed by atoms with van der Waals surface area (Å²) in [7, 11) is 1.70. The molecule has 2 aromatic rings. The first-order valence-electron chi connectivity index (χ1n) is 5.39. The quantitative estimate of drug-likeness (QED) is 0.792. The third-order valence-electron chi connectivity index (χ3n) is 2.60. The summed E-state index contributed by atoms with van der Waals surface area (Å²) >= 11 is 3.33. The second kappa shape index (κ2) is 5.00. The van der Waals surface area contributed by atoms with Gasteiger partial charge in [-0.2, -0.15) is 18.3 Å². The molecule has 0 N–H and O–H groups in total. The van der Waals surface area contributed by atoms with E-state index in [-0.39, 0.29) is 6.54 Å². The number of nitrogens with zero attached hydrogens (tertiary/aromatic N) is 5. The van der Waals surface area contributed by atoms with Crippen molar-refractivity contribution in [3.8, 4) is 0 Å². The molecular weight excluding hydrogens is 343 g/mol. The molecule has 0 aliphatic rings. The average Bonchev–Trinajstić information content (AvgIpc) is 2.88. The van der Waals surface area contributed by atoms with Crippen molar-refractivity contribution in [3.05, 3.63) is 27.8 Å². The highest BCUT2D eigenvalue weighted by molar-refractivity contribution is 9.10. The molecule has 2 rings (SSSR count). The van der Waals surface area contributed by atoms with Crippen molar-refractivity contribution in [2.24, 2.45) is 7.05 Å². The smallest absolute Gasteiger partial charge is 0.282 e. The second-order valence-corrected chi connectivity index (χ2v) is 4.89. The van der Waals surface area contributed by atoms with Gasteiger partial charge in [-0.25, -0.2) is 4.68 Å². The SMILES string of the molecule is Cc1nn(C)c(Cn2cc(C(=O)C(F)(F)F)nn2)c1Br. The molecule has 0 aliphatic carbocycles. The number of alkyl halides is 3. The summed E-state index contributed by atoms with van der Waals surface area (Å²) in [5.41, 5.74) is 0.722. The third-order valence-corrected chi connectivity index (χ3v) is 3.63. The Morgan fingerprint density at radius 3 is 2.60 bits per heavy atom. The molecule has 0 amide bonds. The topological polar surface area (TPSA) is 65.6 Å². The maximum Gasteiger partial charge on any atom is 0.456 e. The number of hydrogen-bond acceptors (Lipinski definition) is 4. The Kier molecular flexibility index (Phi) is 3.67. The van der Waals surface area contributed by atoms with Crippen molar-refractivity contribution in [1.29, 1.82) is 0 Å². The van der Waals surface area contributed by atoms with E-state index in [4.69, 9.17) is 0 Å². The van der Waals surface area contributed by atoms with Crippen LogP contribution in [0.2, 0.25) is 0 Å². The largest absolute Gasteiger partial charge is 0.456 e. The Labute approximate surface area is 119 Å². The molecule has 0 aromatic carbocycles. The monoisotopic (exact) mass is 351 g/mol.